The van der Waals surface area contributed by atoms with Crippen molar-refractivity contribution in [1.82, 2.24) is 5.32 Å². The van der Waals surface area contributed by atoms with Crippen LogP contribution in [-0.2, 0) is 6.42 Å². The van der Waals surface area contributed by atoms with E-state index in [2.05, 4.69) is 81.6 Å². The minimum Gasteiger partial charge on any atom is -0.369 e. The molecule has 21 heavy (non-hydrogen) atoms. The molecule has 0 saturated carbocycles. The Bertz CT molecular complexity index is 597. The third-order valence-corrected chi connectivity index (χ3v) is 4.98. The molecule has 0 aliphatic carbocycles. The maximum atomic E-state index is 3.64. The van der Waals surface area contributed by atoms with Crippen molar-refractivity contribution in [2.45, 2.75) is 19.4 Å². The molecule has 1 aliphatic rings. The number of hydrogen-bond donors (Lipinski definition) is 1. The third-order valence-electron chi connectivity index (χ3n) is 4.09. The summed E-state index contributed by atoms with van der Waals surface area (Å²) in [5.74, 6) is 0. The SMILES string of the molecule is Cc1cc(N2CCNC(Cc3ccccc3)C2)ccc1Br. The van der Waals surface area contributed by atoms with Crippen LogP contribution in [-0.4, -0.2) is 25.7 Å². The smallest absolute Gasteiger partial charge is 0.0370 e. The van der Waals surface area contributed by atoms with Crippen molar-refractivity contribution in [3.63, 3.8) is 0 Å². The van der Waals surface area contributed by atoms with Gasteiger partial charge in [0.05, 0.1) is 0 Å². The number of aryl methyl sites for hydroxylation is 1. The van der Waals surface area contributed by atoms with Crippen LogP contribution in [0.5, 0.6) is 0 Å². The summed E-state index contributed by atoms with van der Waals surface area (Å²) < 4.78 is 1.18. The highest BCUT2D eigenvalue weighted by atomic mass is 79.9. The van der Waals surface area contributed by atoms with Gasteiger partial charge >= 0.3 is 0 Å². The summed E-state index contributed by atoms with van der Waals surface area (Å²) in [5, 5.41) is 3.64. The predicted octanol–water partition coefficient (Wildman–Crippen LogP) is 3.78. The first-order valence-electron chi connectivity index (χ1n) is 7.51. The Hall–Kier alpha value is -1.32. The first-order chi connectivity index (χ1) is 10.2. The third kappa shape index (κ3) is 3.66. The Morgan fingerprint density at radius 3 is 2.76 bits per heavy atom. The summed E-state index contributed by atoms with van der Waals surface area (Å²) in [6.45, 7) is 5.34. The molecule has 0 amide bonds. The van der Waals surface area contributed by atoms with Crippen molar-refractivity contribution < 1.29 is 0 Å². The maximum absolute atomic E-state index is 3.64. The highest BCUT2D eigenvalue weighted by Gasteiger charge is 2.20. The molecule has 1 heterocycles. The normalized spacial score (nSPS) is 18.8. The summed E-state index contributed by atoms with van der Waals surface area (Å²) >= 11 is 3.58. The number of halogens is 1. The van der Waals surface area contributed by atoms with Crippen molar-refractivity contribution >= 4 is 21.6 Å². The highest BCUT2D eigenvalue weighted by Crippen LogP contribution is 2.24. The molecule has 3 heteroatoms. The number of benzene rings is 2. The monoisotopic (exact) mass is 344 g/mol. The minimum absolute atomic E-state index is 0.519. The number of hydrogen-bond acceptors (Lipinski definition) is 2. The second-order valence-corrected chi connectivity index (χ2v) is 6.57. The fourth-order valence-corrected chi connectivity index (χ4v) is 3.17. The summed E-state index contributed by atoms with van der Waals surface area (Å²) in [6.07, 6.45) is 1.09. The molecule has 1 atom stereocenters. The average Bonchev–Trinajstić information content (AvgIpc) is 2.51. The molecule has 0 spiro atoms. The lowest BCUT2D eigenvalue weighted by Crippen LogP contribution is -2.51. The van der Waals surface area contributed by atoms with E-state index in [9.17, 15) is 0 Å². The van der Waals surface area contributed by atoms with Crippen molar-refractivity contribution in [3.8, 4) is 0 Å². The Kier molecular flexibility index (Phi) is 4.61. The Morgan fingerprint density at radius 1 is 1.19 bits per heavy atom. The van der Waals surface area contributed by atoms with E-state index in [-0.39, 0.29) is 0 Å². The first kappa shape index (κ1) is 14.6. The zero-order chi connectivity index (χ0) is 14.7. The van der Waals surface area contributed by atoms with E-state index < -0.39 is 0 Å². The van der Waals surface area contributed by atoms with Crippen molar-refractivity contribution in [1.29, 1.82) is 0 Å². The average molecular weight is 345 g/mol. The summed E-state index contributed by atoms with van der Waals surface area (Å²) in [6, 6.07) is 17.9. The van der Waals surface area contributed by atoms with Crippen molar-refractivity contribution in [3.05, 3.63) is 64.1 Å². The van der Waals surface area contributed by atoms with Crippen LogP contribution < -0.4 is 10.2 Å². The molecule has 3 rings (SSSR count). The van der Waals surface area contributed by atoms with Crippen LogP contribution in [0.3, 0.4) is 0 Å². The molecule has 2 aromatic rings. The second kappa shape index (κ2) is 6.63. The van der Waals surface area contributed by atoms with Gasteiger partial charge in [0.15, 0.2) is 0 Å². The quantitative estimate of drug-likeness (QED) is 0.911. The van der Waals surface area contributed by atoms with Gasteiger partial charge in [0, 0.05) is 35.8 Å². The van der Waals surface area contributed by atoms with Crippen LogP contribution in [0.25, 0.3) is 0 Å². The minimum atomic E-state index is 0.519. The van der Waals surface area contributed by atoms with E-state index in [1.165, 1.54) is 21.3 Å². The van der Waals surface area contributed by atoms with Crippen LogP contribution >= 0.6 is 15.9 Å². The molecule has 0 bridgehead atoms. The fourth-order valence-electron chi connectivity index (χ4n) is 2.92. The van der Waals surface area contributed by atoms with Crippen LogP contribution in [0.15, 0.2) is 53.0 Å². The summed E-state index contributed by atoms with van der Waals surface area (Å²) in [4.78, 5) is 2.49. The van der Waals surface area contributed by atoms with E-state index in [0.717, 1.165) is 26.1 Å². The van der Waals surface area contributed by atoms with Gasteiger partial charge in [-0.05, 0) is 42.7 Å². The van der Waals surface area contributed by atoms with Gasteiger partial charge in [-0.1, -0.05) is 46.3 Å². The van der Waals surface area contributed by atoms with E-state index >= 15 is 0 Å². The number of nitrogens with one attached hydrogen (secondary N) is 1. The maximum Gasteiger partial charge on any atom is 0.0370 e. The molecule has 0 aromatic heterocycles. The van der Waals surface area contributed by atoms with Gasteiger partial charge in [0.1, 0.15) is 0 Å². The Balaban J connectivity index is 1.69. The Morgan fingerprint density at radius 2 is 2.00 bits per heavy atom. The van der Waals surface area contributed by atoms with Crippen molar-refractivity contribution in [2.75, 3.05) is 24.5 Å². The zero-order valence-electron chi connectivity index (χ0n) is 12.3. The first-order valence-corrected chi connectivity index (χ1v) is 8.30. The molecular weight excluding hydrogens is 324 g/mol. The van der Waals surface area contributed by atoms with Gasteiger partial charge < -0.3 is 10.2 Å². The number of nitrogens with zero attached hydrogens (tertiary/aromatic N) is 1. The lowest BCUT2D eigenvalue weighted by Gasteiger charge is -2.35. The number of piperazine rings is 1. The van der Waals surface area contributed by atoms with Crippen LogP contribution in [0, 0.1) is 6.92 Å². The van der Waals surface area contributed by atoms with Gasteiger partial charge in [-0.3, -0.25) is 0 Å². The van der Waals surface area contributed by atoms with Gasteiger partial charge in [0.2, 0.25) is 0 Å². The summed E-state index contributed by atoms with van der Waals surface area (Å²) in [7, 11) is 0. The molecule has 1 aliphatic heterocycles. The molecule has 0 radical (unpaired) electrons. The predicted molar refractivity (Wildman–Crippen MR) is 93.0 cm³/mol. The highest BCUT2D eigenvalue weighted by molar-refractivity contribution is 9.10. The van der Waals surface area contributed by atoms with Crippen LogP contribution in [0.1, 0.15) is 11.1 Å². The number of rotatable bonds is 3. The number of anilines is 1. The van der Waals surface area contributed by atoms with Crippen LogP contribution in [0.4, 0.5) is 5.69 Å². The largest absolute Gasteiger partial charge is 0.369 e. The Labute approximate surface area is 135 Å². The zero-order valence-corrected chi connectivity index (χ0v) is 13.9. The lowest BCUT2D eigenvalue weighted by molar-refractivity contribution is 0.454. The van der Waals surface area contributed by atoms with Crippen LogP contribution in [0.2, 0.25) is 0 Å². The standard InChI is InChI=1S/C18H21BrN2/c1-14-11-17(7-8-18(14)19)21-10-9-20-16(13-21)12-15-5-3-2-4-6-15/h2-8,11,16,20H,9-10,12-13H2,1H3. The van der Waals surface area contributed by atoms with E-state index in [4.69, 9.17) is 0 Å². The lowest BCUT2D eigenvalue weighted by atomic mass is 10.0. The molecule has 1 fully saturated rings. The summed E-state index contributed by atoms with van der Waals surface area (Å²) in [5.41, 5.74) is 4.03. The van der Waals surface area contributed by atoms with Gasteiger partial charge in [0.25, 0.3) is 0 Å². The van der Waals surface area contributed by atoms with E-state index in [1.807, 2.05) is 0 Å². The molecular formula is C18H21BrN2. The van der Waals surface area contributed by atoms with Gasteiger partial charge in [-0.15, -0.1) is 0 Å². The molecule has 1 unspecified atom stereocenters. The van der Waals surface area contributed by atoms with Gasteiger partial charge in [-0.2, -0.15) is 0 Å². The fraction of sp³-hybridized carbons (Fsp3) is 0.333. The second-order valence-electron chi connectivity index (χ2n) is 5.72. The molecule has 2 aromatic carbocycles. The molecule has 110 valence electrons. The van der Waals surface area contributed by atoms with Gasteiger partial charge in [-0.25, -0.2) is 0 Å². The van der Waals surface area contributed by atoms with E-state index in [0.29, 0.717) is 6.04 Å². The molecule has 1 N–H and O–H groups in total. The molecule has 1 saturated heterocycles. The topological polar surface area (TPSA) is 15.3 Å². The molecule has 2 nitrogen and oxygen atoms in total. The van der Waals surface area contributed by atoms with E-state index in [1.54, 1.807) is 0 Å². The van der Waals surface area contributed by atoms with Crippen molar-refractivity contribution in [2.24, 2.45) is 0 Å².